The van der Waals surface area contributed by atoms with Gasteiger partial charge in [-0.3, -0.25) is 4.79 Å². The van der Waals surface area contributed by atoms with Gasteiger partial charge in [0.25, 0.3) is 0 Å². The standard InChI is InChI=1S/C35H44ClF3N6O4/c36-28-21-23(20-27(31(28)46)35(37,38)39)22-30(32(47)43-15-9-25(10-16-43)42-13-4-1-5-14-42)41-33(48)44-17-11-26(12-18-44)45-19-8-24-6-2-3-7-29(24)40-34(45)49/h2-3,6-7,20-21,25-26,30,46H,1,4-5,8-19,22H2,(H,40,49)(H,41,48)/t30-/m1/s1. The third-order valence-corrected chi connectivity index (χ3v) is 10.8. The van der Waals surface area contributed by atoms with Crippen molar-refractivity contribution in [2.75, 3.05) is 51.1 Å². The van der Waals surface area contributed by atoms with E-state index in [-0.39, 0.29) is 30.0 Å². The molecule has 0 saturated carbocycles. The van der Waals surface area contributed by atoms with Crippen LogP contribution < -0.4 is 10.6 Å². The zero-order valence-electron chi connectivity index (χ0n) is 27.5. The zero-order valence-corrected chi connectivity index (χ0v) is 28.2. The first-order valence-corrected chi connectivity index (χ1v) is 17.7. The van der Waals surface area contributed by atoms with Gasteiger partial charge in [-0.05, 0) is 87.4 Å². The van der Waals surface area contributed by atoms with Crippen molar-refractivity contribution < 1.29 is 32.7 Å². The first-order chi connectivity index (χ1) is 23.5. The first-order valence-electron chi connectivity index (χ1n) is 17.3. The lowest BCUT2D eigenvalue weighted by atomic mass is 9.97. The van der Waals surface area contributed by atoms with Crippen LogP contribution in [0.2, 0.25) is 5.02 Å². The smallest absolute Gasteiger partial charge is 0.420 e. The van der Waals surface area contributed by atoms with Gasteiger partial charge in [-0.2, -0.15) is 13.2 Å². The molecule has 0 spiro atoms. The lowest BCUT2D eigenvalue weighted by molar-refractivity contribution is -0.138. The number of benzene rings is 2. The molecule has 0 aliphatic carbocycles. The van der Waals surface area contributed by atoms with E-state index in [1.54, 1.807) is 9.80 Å². The molecule has 5 amide bonds. The summed E-state index contributed by atoms with van der Waals surface area (Å²) in [5, 5.41) is 15.4. The predicted octanol–water partition coefficient (Wildman–Crippen LogP) is 5.72. The lowest BCUT2D eigenvalue weighted by Crippen LogP contribution is -2.57. The second-order valence-electron chi connectivity index (χ2n) is 13.6. The minimum absolute atomic E-state index is 0.0723. The maximum Gasteiger partial charge on any atom is 0.420 e. The van der Waals surface area contributed by atoms with E-state index in [9.17, 15) is 32.7 Å². The van der Waals surface area contributed by atoms with Crippen molar-refractivity contribution in [3.63, 3.8) is 0 Å². The van der Waals surface area contributed by atoms with Gasteiger partial charge in [-0.1, -0.05) is 36.2 Å². The molecule has 3 saturated heterocycles. The van der Waals surface area contributed by atoms with Crippen LogP contribution in [-0.4, -0.2) is 107 Å². The number of hydrogen-bond acceptors (Lipinski definition) is 5. The van der Waals surface area contributed by atoms with Crippen LogP contribution in [0.4, 0.5) is 28.4 Å². The third kappa shape index (κ3) is 8.20. The maximum atomic E-state index is 14.0. The van der Waals surface area contributed by atoms with Crippen LogP contribution in [0.1, 0.15) is 61.6 Å². The average molecular weight is 705 g/mol. The minimum Gasteiger partial charge on any atom is -0.506 e. The number of carbonyl (C=O) groups excluding carboxylic acids is 3. The van der Waals surface area contributed by atoms with Crippen LogP contribution in [-0.2, 0) is 23.8 Å². The number of alkyl halides is 3. The molecule has 2 aromatic carbocycles. The van der Waals surface area contributed by atoms with E-state index in [1.807, 2.05) is 29.2 Å². The predicted molar refractivity (Wildman–Crippen MR) is 180 cm³/mol. The number of fused-ring (bicyclic) bond motifs is 1. The second-order valence-corrected chi connectivity index (χ2v) is 14.0. The number of para-hydroxylation sites is 1. The normalized spacial score (nSPS) is 20.7. The summed E-state index contributed by atoms with van der Waals surface area (Å²) in [5.74, 6) is -1.44. The Morgan fingerprint density at radius 1 is 0.918 bits per heavy atom. The molecule has 4 aliphatic heterocycles. The van der Waals surface area contributed by atoms with Crippen LogP contribution in [0.15, 0.2) is 36.4 Å². The topological polar surface area (TPSA) is 108 Å². The number of nitrogens with zero attached hydrogens (tertiary/aromatic N) is 4. The monoisotopic (exact) mass is 704 g/mol. The van der Waals surface area contributed by atoms with E-state index in [0.29, 0.717) is 58.0 Å². The Kier molecular flexibility index (Phi) is 10.8. The van der Waals surface area contributed by atoms with Gasteiger partial charge in [0.15, 0.2) is 0 Å². The highest BCUT2D eigenvalue weighted by Crippen LogP contribution is 2.40. The van der Waals surface area contributed by atoms with Crippen molar-refractivity contribution in [3.05, 3.63) is 58.1 Å². The largest absolute Gasteiger partial charge is 0.506 e. The van der Waals surface area contributed by atoms with Gasteiger partial charge in [0, 0.05) is 56.9 Å². The summed E-state index contributed by atoms with van der Waals surface area (Å²) in [6.45, 7) is 4.32. The Labute approximate surface area is 289 Å². The molecule has 0 aromatic heterocycles. The van der Waals surface area contributed by atoms with E-state index >= 15 is 0 Å². The fourth-order valence-corrected chi connectivity index (χ4v) is 7.98. The quantitative estimate of drug-likeness (QED) is 0.357. The number of likely N-dealkylation sites (tertiary alicyclic amines) is 3. The third-order valence-electron chi connectivity index (χ3n) is 10.5. The van der Waals surface area contributed by atoms with Crippen molar-refractivity contribution in [3.8, 4) is 5.75 Å². The highest BCUT2D eigenvalue weighted by atomic mass is 35.5. The van der Waals surface area contributed by atoms with Gasteiger partial charge in [-0.25, -0.2) is 9.59 Å². The second kappa shape index (κ2) is 15.0. The number of rotatable bonds is 6. The molecular formula is C35H44ClF3N6O4. The summed E-state index contributed by atoms with van der Waals surface area (Å²) in [6, 6.07) is 8.19. The van der Waals surface area contributed by atoms with E-state index in [1.165, 1.54) is 25.3 Å². The number of aromatic hydroxyl groups is 1. The number of amides is 5. The molecule has 266 valence electrons. The number of phenolic OH excluding ortho intramolecular Hbond substituents is 1. The maximum absolute atomic E-state index is 14.0. The van der Waals surface area contributed by atoms with Gasteiger partial charge < -0.3 is 35.3 Å². The zero-order chi connectivity index (χ0) is 34.7. The number of halogens is 4. The van der Waals surface area contributed by atoms with E-state index < -0.39 is 34.6 Å². The molecule has 6 rings (SSSR count). The number of phenols is 1. The molecule has 4 heterocycles. The van der Waals surface area contributed by atoms with Crippen LogP contribution in [0, 0.1) is 0 Å². The van der Waals surface area contributed by atoms with Gasteiger partial charge in [0.05, 0.1) is 10.6 Å². The SMILES string of the molecule is O=C(N[C@H](Cc1cc(Cl)c(O)c(C(F)(F)F)c1)C(=O)N1CCC(N2CCCCC2)CC1)N1CCC(N2CCc3ccccc3NC2=O)CC1. The lowest BCUT2D eigenvalue weighted by Gasteiger charge is -2.41. The molecule has 1 atom stereocenters. The van der Waals surface area contributed by atoms with Gasteiger partial charge in [0.2, 0.25) is 5.91 Å². The molecule has 2 aromatic rings. The minimum atomic E-state index is -4.86. The van der Waals surface area contributed by atoms with Crippen molar-refractivity contribution in [1.82, 2.24) is 24.9 Å². The van der Waals surface area contributed by atoms with Gasteiger partial charge in [-0.15, -0.1) is 0 Å². The van der Waals surface area contributed by atoms with Crippen LogP contribution in [0.25, 0.3) is 0 Å². The van der Waals surface area contributed by atoms with Crippen molar-refractivity contribution in [2.45, 2.75) is 82.1 Å². The van der Waals surface area contributed by atoms with Crippen LogP contribution in [0.5, 0.6) is 5.75 Å². The molecule has 3 fully saturated rings. The van der Waals surface area contributed by atoms with E-state index in [0.717, 1.165) is 43.2 Å². The summed E-state index contributed by atoms with van der Waals surface area (Å²) in [7, 11) is 0. The fourth-order valence-electron chi connectivity index (χ4n) is 7.74. The molecular weight excluding hydrogens is 661 g/mol. The Morgan fingerprint density at radius 2 is 1.57 bits per heavy atom. The number of anilines is 1. The molecule has 49 heavy (non-hydrogen) atoms. The number of nitrogens with one attached hydrogen (secondary N) is 2. The van der Waals surface area contributed by atoms with Crippen LogP contribution in [0.3, 0.4) is 0 Å². The molecule has 10 nitrogen and oxygen atoms in total. The Bertz CT molecular complexity index is 1520. The fraction of sp³-hybridized carbons (Fsp3) is 0.571. The Balaban J connectivity index is 1.12. The molecule has 0 unspecified atom stereocenters. The Morgan fingerprint density at radius 3 is 2.27 bits per heavy atom. The first kappa shape index (κ1) is 35.1. The van der Waals surface area contributed by atoms with E-state index in [2.05, 4.69) is 15.5 Å². The van der Waals surface area contributed by atoms with Gasteiger partial charge >= 0.3 is 18.2 Å². The van der Waals surface area contributed by atoms with Crippen molar-refractivity contribution in [1.29, 1.82) is 0 Å². The Hall–Kier alpha value is -3.71. The number of piperidine rings is 3. The molecule has 0 bridgehead atoms. The molecule has 0 radical (unpaired) electrons. The summed E-state index contributed by atoms with van der Waals surface area (Å²) < 4.78 is 41.2. The number of hydrogen-bond donors (Lipinski definition) is 3. The summed E-state index contributed by atoms with van der Waals surface area (Å²) in [6.07, 6.45) is 1.85. The number of carbonyl (C=O) groups is 3. The summed E-state index contributed by atoms with van der Waals surface area (Å²) in [5.41, 5.74) is 0.649. The average Bonchev–Trinajstić information content (AvgIpc) is 3.27. The van der Waals surface area contributed by atoms with Gasteiger partial charge in [0.1, 0.15) is 11.8 Å². The summed E-state index contributed by atoms with van der Waals surface area (Å²) >= 11 is 6.00. The highest BCUT2D eigenvalue weighted by Gasteiger charge is 2.38. The molecule has 4 aliphatic rings. The van der Waals surface area contributed by atoms with E-state index in [4.69, 9.17) is 11.6 Å². The summed E-state index contributed by atoms with van der Waals surface area (Å²) in [4.78, 5) is 48.3. The van der Waals surface area contributed by atoms with Crippen molar-refractivity contribution in [2.24, 2.45) is 0 Å². The number of urea groups is 2. The van der Waals surface area contributed by atoms with Crippen molar-refractivity contribution >= 4 is 35.3 Å². The molecule has 14 heteroatoms. The van der Waals surface area contributed by atoms with Crippen LogP contribution >= 0.6 is 11.6 Å². The highest BCUT2D eigenvalue weighted by molar-refractivity contribution is 6.32. The molecule has 3 N–H and O–H groups in total.